The zero-order valence-corrected chi connectivity index (χ0v) is 14.3. The molecule has 2 aromatic rings. The summed E-state index contributed by atoms with van der Waals surface area (Å²) in [5.74, 6) is 1.23. The van der Waals surface area contributed by atoms with Gasteiger partial charge in [0.05, 0.1) is 18.1 Å². The van der Waals surface area contributed by atoms with Crippen molar-refractivity contribution in [3.8, 4) is 11.5 Å². The summed E-state index contributed by atoms with van der Waals surface area (Å²) in [6.45, 7) is 1.84. The van der Waals surface area contributed by atoms with Gasteiger partial charge in [0.25, 0.3) is 5.69 Å². The maximum atomic E-state index is 12.8. The molecule has 8 heteroatoms. The van der Waals surface area contributed by atoms with Gasteiger partial charge in [-0.1, -0.05) is 0 Å². The summed E-state index contributed by atoms with van der Waals surface area (Å²) in [6.07, 6.45) is 0.471. The van der Waals surface area contributed by atoms with Crippen molar-refractivity contribution in [3.05, 3.63) is 58.1 Å². The lowest BCUT2D eigenvalue weighted by Gasteiger charge is -2.50. The quantitative estimate of drug-likeness (QED) is 0.673. The Morgan fingerprint density at radius 3 is 2.69 bits per heavy atom. The van der Waals surface area contributed by atoms with Crippen molar-refractivity contribution in [2.24, 2.45) is 0 Å². The maximum absolute atomic E-state index is 12.8. The molecule has 0 aliphatic carbocycles. The number of nitro groups is 1. The topological polar surface area (TPSA) is 93.9 Å². The molecule has 0 aromatic heterocycles. The number of fused-ring (bicyclic) bond motifs is 4. The average molecular weight is 355 g/mol. The predicted octanol–water partition coefficient (Wildman–Crippen LogP) is 3.37. The summed E-state index contributed by atoms with van der Waals surface area (Å²) >= 11 is 0. The van der Waals surface area contributed by atoms with Crippen LogP contribution in [0.25, 0.3) is 0 Å². The van der Waals surface area contributed by atoms with E-state index in [0.717, 1.165) is 0 Å². The number of hydrogen-bond acceptors (Lipinski definition) is 5. The van der Waals surface area contributed by atoms with E-state index in [1.807, 2.05) is 6.92 Å². The summed E-state index contributed by atoms with van der Waals surface area (Å²) in [6, 6.07) is 10.9. The molecule has 134 valence electrons. The molecule has 8 nitrogen and oxygen atoms in total. The van der Waals surface area contributed by atoms with Gasteiger partial charge in [-0.05, 0) is 37.3 Å². The predicted molar refractivity (Wildman–Crippen MR) is 93.5 cm³/mol. The maximum Gasteiger partial charge on any atom is 0.325 e. The van der Waals surface area contributed by atoms with Crippen LogP contribution >= 0.6 is 0 Å². The lowest BCUT2D eigenvalue weighted by atomic mass is 9.90. The molecule has 0 saturated carbocycles. The molecule has 0 spiro atoms. The van der Waals surface area contributed by atoms with Crippen LogP contribution in [0.2, 0.25) is 0 Å². The SMILES string of the molecule is COc1ccc(N2C(=O)N[C@@H]3C[C@@]2(C)Oc2ccc([N+](=O)[O-])cc23)cc1. The second-order valence-corrected chi connectivity index (χ2v) is 6.50. The molecule has 0 unspecified atom stereocenters. The Morgan fingerprint density at radius 1 is 1.31 bits per heavy atom. The zero-order chi connectivity index (χ0) is 18.5. The largest absolute Gasteiger partial charge is 0.497 e. The van der Waals surface area contributed by atoms with Gasteiger partial charge in [0.15, 0.2) is 5.72 Å². The van der Waals surface area contributed by atoms with Crippen LogP contribution in [-0.2, 0) is 0 Å². The minimum atomic E-state index is -0.898. The van der Waals surface area contributed by atoms with E-state index in [-0.39, 0.29) is 17.8 Å². The van der Waals surface area contributed by atoms with Crippen LogP contribution in [0.4, 0.5) is 16.2 Å². The van der Waals surface area contributed by atoms with Gasteiger partial charge in [0, 0.05) is 29.8 Å². The molecule has 2 atom stereocenters. The fourth-order valence-corrected chi connectivity index (χ4v) is 3.60. The molecule has 2 aliphatic heterocycles. The molecular weight excluding hydrogens is 338 g/mol. The first-order valence-electron chi connectivity index (χ1n) is 8.13. The molecule has 2 bridgehead atoms. The van der Waals surface area contributed by atoms with E-state index in [4.69, 9.17) is 9.47 Å². The third-order valence-corrected chi connectivity index (χ3v) is 4.80. The molecule has 2 aliphatic rings. The van der Waals surface area contributed by atoms with Gasteiger partial charge in [0.1, 0.15) is 11.5 Å². The highest BCUT2D eigenvalue weighted by Crippen LogP contribution is 2.46. The number of urea groups is 1. The van der Waals surface area contributed by atoms with Crippen molar-refractivity contribution >= 4 is 17.4 Å². The fraction of sp³-hybridized carbons (Fsp3) is 0.278. The normalized spacial score (nSPS) is 23.5. The Hall–Kier alpha value is -3.29. The highest BCUT2D eigenvalue weighted by Gasteiger charge is 2.50. The van der Waals surface area contributed by atoms with E-state index < -0.39 is 10.6 Å². The Balaban J connectivity index is 1.74. The number of nitrogens with one attached hydrogen (secondary N) is 1. The van der Waals surface area contributed by atoms with E-state index in [1.165, 1.54) is 12.1 Å². The smallest absolute Gasteiger partial charge is 0.325 e. The zero-order valence-electron chi connectivity index (χ0n) is 14.3. The van der Waals surface area contributed by atoms with Gasteiger partial charge in [-0.15, -0.1) is 0 Å². The Labute approximate surface area is 149 Å². The van der Waals surface area contributed by atoms with Gasteiger partial charge in [0.2, 0.25) is 0 Å². The number of carbonyl (C=O) groups is 1. The molecule has 2 amide bonds. The average Bonchev–Trinajstić information content (AvgIpc) is 2.61. The first-order chi connectivity index (χ1) is 12.4. The second-order valence-electron chi connectivity index (χ2n) is 6.50. The van der Waals surface area contributed by atoms with Crippen LogP contribution in [0, 0.1) is 10.1 Å². The molecule has 26 heavy (non-hydrogen) atoms. The van der Waals surface area contributed by atoms with E-state index in [2.05, 4.69) is 5.32 Å². The van der Waals surface area contributed by atoms with Crippen molar-refractivity contribution in [2.75, 3.05) is 12.0 Å². The van der Waals surface area contributed by atoms with E-state index in [9.17, 15) is 14.9 Å². The van der Waals surface area contributed by atoms with Gasteiger partial charge >= 0.3 is 6.03 Å². The Morgan fingerprint density at radius 2 is 2.04 bits per heavy atom. The number of benzene rings is 2. The van der Waals surface area contributed by atoms with Crippen molar-refractivity contribution in [3.63, 3.8) is 0 Å². The molecule has 1 saturated heterocycles. The molecule has 1 fully saturated rings. The summed E-state index contributed by atoms with van der Waals surface area (Å²) < 4.78 is 11.3. The number of methoxy groups -OCH3 is 1. The van der Waals surface area contributed by atoms with E-state index in [1.54, 1.807) is 42.3 Å². The molecule has 2 aromatic carbocycles. The highest BCUT2D eigenvalue weighted by molar-refractivity contribution is 5.95. The number of nitrogens with zero attached hydrogens (tertiary/aromatic N) is 2. The highest BCUT2D eigenvalue weighted by atomic mass is 16.6. The van der Waals surface area contributed by atoms with Crippen molar-refractivity contribution in [1.29, 1.82) is 0 Å². The number of rotatable bonds is 3. The number of anilines is 1. The number of amides is 2. The second kappa shape index (κ2) is 5.62. The molecule has 0 radical (unpaired) electrons. The lowest BCUT2D eigenvalue weighted by Crippen LogP contribution is -2.65. The van der Waals surface area contributed by atoms with Gasteiger partial charge in [-0.2, -0.15) is 0 Å². The molecule has 1 N–H and O–H groups in total. The minimum Gasteiger partial charge on any atom is -0.497 e. The number of nitro benzene ring substituents is 1. The van der Waals surface area contributed by atoms with Crippen molar-refractivity contribution in [1.82, 2.24) is 5.32 Å². The lowest BCUT2D eigenvalue weighted by molar-refractivity contribution is -0.385. The van der Waals surface area contributed by atoms with Crippen molar-refractivity contribution < 1.29 is 19.2 Å². The van der Waals surface area contributed by atoms with Crippen LogP contribution in [0.3, 0.4) is 0 Å². The van der Waals surface area contributed by atoms with Crippen LogP contribution < -0.4 is 19.7 Å². The van der Waals surface area contributed by atoms with E-state index >= 15 is 0 Å². The van der Waals surface area contributed by atoms with Crippen LogP contribution in [0.1, 0.15) is 24.9 Å². The molecule has 2 heterocycles. The van der Waals surface area contributed by atoms with Gasteiger partial charge in [-0.25, -0.2) is 4.79 Å². The number of carbonyl (C=O) groups excluding carboxylic acids is 1. The minimum absolute atomic E-state index is 0.0252. The fourth-order valence-electron chi connectivity index (χ4n) is 3.60. The molecular formula is C18H17N3O5. The van der Waals surface area contributed by atoms with Crippen LogP contribution in [0.5, 0.6) is 11.5 Å². The Bertz CT molecular complexity index is 898. The van der Waals surface area contributed by atoms with Crippen LogP contribution in [-0.4, -0.2) is 23.8 Å². The Kier molecular flexibility index (Phi) is 3.50. The summed E-state index contributed by atoms with van der Waals surface area (Å²) in [7, 11) is 1.58. The van der Waals surface area contributed by atoms with Gasteiger partial charge < -0.3 is 14.8 Å². The summed E-state index contributed by atoms with van der Waals surface area (Å²) in [4.78, 5) is 24.9. The van der Waals surface area contributed by atoms with Gasteiger partial charge in [-0.3, -0.25) is 15.0 Å². The number of hydrogen-bond donors (Lipinski definition) is 1. The number of non-ortho nitro benzene ring substituents is 1. The monoisotopic (exact) mass is 355 g/mol. The summed E-state index contributed by atoms with van der Waals surface area (Å²) in [5, 5.41) is 14.0. The molecule has 4 rings (SSSR count). The first-order valence-corrected chi connectivity index (χ1v) is 8.13. The van der Waals surface area contributed by atoms with Crippen LogP contribution in [0.15, 0.2) is 42.5 Å². The third-order valence-electron chi connectivity index (χ3n) is 4.80. The third kappa shape index (κ3) is 2.42. The first kappa shape index (κ1) is 16.2. The van der Waals surface area contributed by atoms with E-state index in [0.29, 0.717) is 29.2 Å². The van der Waals surface area contributed by atoms with Crippen molar-refractivity contribution in [2.45, 2.75) is 25.1 Å². The standard InChI is InChI=1S/C18H17N3O5/c1-18-10-15(14-9-12(21(23)24)5-8-16(14)26-18)19-17(22)20(18)11-3-6-13(25-2)7-4-11/h3-9,15H,10H2,1-2H3,(H,19,22)/t15-,18-/m1/s1. The number of ether oxygens (including phenoxy) is 2. The summed E-state index contributed by atoms with van der Waals surface area (Å²) in [5.41, 5.74) is 0.377.